The molecular formula is C13H25NO4. The van der Waals surface area contributed by atoms with Crippen molar-refractivity contribution in [2.45, 2.75) is 47.1 Å². The Labute approximate surface area is 109 Å². The molecule has 0 aromatic heterocycles. The fraction of sp³-hybridized carbons (Fsp3) is 0.846. The van der Waals surface area contributed by atoms with E-state index in [1.165, 1.54) is 4.90 Å². The summed E-state index contributed by atoms with van der Waals surface area (Å²) in [5, 5.41) is 18.1. The Kier molecular flexibility index (Phi) is 6.32. The van der Waals surface area contributed by atoms with Crippen LogP contribution in [0.25, 0.3) is 0 Å². The number of carboxylic acid groups (broad SMARTS) is 1. The number of aliphatic carboxylic acids is 1. The first kappa shape index (κ1) is 16.9. The summed E-state index contributed by atoms with van der Waals surface area (Å²) in [5.74, 6) is -2.53. The number of nitrogens with zero attached hydrogens (tertiary/aromatic N) is 1. The summed E-state index contributed by atoms with van der Waals surface area (Å²) in [6.45, 7) is 9.29. The summed E-state index contributed by atoms with van der Waals surface area (Å²) in [6, 6.07) is -0.0757. The molecule has 0 spiro atoms. The van der Waals surface area contributed by atoms with Crippen molar-refractivity contribution >= 4 is 11.9 Å². The molecule has 0 aromatic rings. The number of aliphatic hydroxyl groups excluding tert-OH is 1. The molecule has 5 heteroatoms. The van der Waals surface area contributed by atoms with E-state index in [9.17, 15) is 14.7 Å². The summed E-state index contributed by atoms with van der Waals surface area (Å²) < 4.78 is 0. The van der Waals surface area contributed by atoms with Crippen molar-refractivity contribution < 1.29 is 19.8 Å². The summed E-state index contributed by atoms with van der Waals surface area (Å²) >= 11 is 0. The van der Waals surface area contributed by atoms with Crippen LogP contribution in [0, 0.1) is 11.3 Å². The molecule has 0 aromatic carbocycles. The van der Waals surface area contributed by atoms with Crippen molar-refractivity contribution in [2.24, 2.45) is 11.3 Å². The Bertz CT molecular complexity index is 294. The predicted octanol–water partition coefficient (Wildman–Crippen LogP) is 1.35. The standard InChI is InChI=1S/C13H25NO4/c1-9(2)14(7-6-8-15)11(16)10(12(17)18)13(3,4)5/h9-10,15H,6-8H2,1-5H3,(H,17,18). The molecule has 0 aliphatic carbocycles. The normalized spacial score (nSPS) is 13.5. The quantitative estimate of drug-likeness (QED) is 0.706. The van der Waals surface area contributed by atoms with Gasteiger partial charge in [0.1, 0.15) is 5.92 Å². The van der Waals surface area contributed by atoms with Gasteiger partial charge in [-0.15, -0.1) is 0 Å². The first-order chi connectivity index (χ1) is 8.12. The van der Waals surface area contributed by atoms with Gasteiger partial charge in [-0.2, -0.15) is 0 Å². The molecule has 1 amide bonds. The molecule has 0 fully saturated rings. The monoisotopic (exact) mass is 259 g/mol. The highest BCUT2D eigenvalue weighted by Crippen LogP contribution is 2.28. The van der Waals surface area contributed by atoms with Crippen molar-refractivity contribution in [3.8, 4) is 0 Å². The van der Waals surface area contributed by atoms with E-state index in [4.69, 9.17) is 5.11 Å². The summed E-state index contributed by atoms with van der Waals surface area (Å²) in [5.41, 5.74) is -0.630. The predicted molar refractivity (Wildman–Crippen MR) is 69.1 cm³/mol. The third-order valence-electron chi connectivity index (χ3n) is 2.82. The summed E-state index contributed by atoms with van der Waals surface area (Å²) in [4.78, 5) is 25.2. The molecule has 106 valence electrons. The number of carbonyl (C=O) groups excluding carboxylic acids is 1. The van der Waals surface area contributed by atoms with Crippen molar-refractivity contribution in [3.05, 3.63) is 0 Å². The number of carbonyl (C=O) groups is 2. The molecular weight excluding hydrogens is 234 g/mol. The van der Waals surface area contributed by atoms with E-state index in [0.29, 0.717) is 13.0 Å². The zero-order chi connectivity index (χ0) is 14.5. The fourth-order valence-electron chi connectivity index (χ4n) is 1.88. The zero-order valence-electron chi connectivity index (χ0n) is 11.9. The van der Waals surface area contributed by atoms with Crippen LogP contribution in [-0.2, 0) is 9.59 Å². The molecule has 0 saturated carbocycles. The van der Waals surface area contributed by atoms with E-state index < -0.39 is 17.3 Å². The van der Waals surface area contributed by atoms with Crippen LogP contribution in [0.1, 0.15) is 41.0 Å². The SMILES string of the molecule is CC(C)N(CCCO)C(=O)C(C(=O)O)C(C)(C)C. The van der Waals surface area contributed by atoms with Gasteiger partial charge in [0.05, 0.1) is 0 Å². The number of hydrogen-bond donors (Lipinski definition) is 2. The van der Waals surface area contributed by atoms with Crippen molar-refractivity contribution in [1.82, 2.24) is 4.90 Å². The minimum Gasteiger partial charge on any atom is -0.481 e. The van der Waals surface area contributed by atoms with Gasteiger partial charge >= 0.3 is 5.97 Å². The van der Waals surface area contributed by atoms with E-state index >= 15 is 0 Å². The summed E-state index contributed by atoms with van der Waals surface area (Å²) in [7, 11) is 0. The first-order valence-electron chi connectivity index (χ1n) is 6.27. The van der Waals surface area contributed by atoms with Gasteiger partial charge in [0.15, 0.2) is 0 Å². The van der Waals surface area contributed by atoms with E-state index in [1.54, 1.807) is 20.8 Å². The first-order valence-corrected chi connectivity index (χ1v) is 6.27. The van der Waals surface area contributed by atoms with Crippen LogP contribution in [0.3, 0.4) is 0 Å². The Morgan fingerprint density at radius 1 is 1.22 bits per heavy atom. The van der Waals surface area contributed by atoms with E-state index in [-0.39, 0.29) is 18.6 Å². The Morgan fingerprint density at radius 2 is 1.72 bits per heavy atom. The average Bonchev–Trinajstić information content (AvgIpc) is 2.14. The van der Waals surface area contributed by atoms with Gasteiger partial charge in [0.2, 0.25) is 5.91 Å². The smallest absolute Gasteiger partial charge is 0.316 e. The Balaban J connectivity index is 5.08. The highest BCUT2D eigenvalue weighted by molar-refractivity contribution is 5.97. The minimum atomic E-state index is -1.10. The van der Waals surface area contributed by atoms with Crippen LogP contribution in [0.2, 0.25) is 0 Å². The van der Waals surface area contributed by atoms with Crippen LogP contribution in [0.4, 0.5) is 0 Å². The van der Waals surface area contributed by atoms with Crippen LogP contribution in [0.5, 0.6) is 0 Å². The maximum absolute atomic E-state index is 12.3. The van der Waals surface area contributed by atoms with Gasteiger partial charge in [-0.25, -0.2) is 0 Å². The van der Waals surface area contributed by atoms with Gasteiger partial charge in [-0.05, 0) is 25.7 Å². The molecule has 1 unspecified atom stereocenters. The molecule has 18 heavy (non-hydrogen) atoms. The Hall–Kier alpha value is -1.10. The molecule has 0 aliphatic rings. The van der Waals surface area contributed by atoms with Crippen molar-refractivity contribution in [3.63, 3.8) is 0 Å². The van der Waals surface area contributed by atoms with Gasteiger partial charge < -0.3 is 15.1 Å². The summed E-state index contributed by atoms with van der Waals surface area (Å²) in [6.07, 6.45) is 0.459. The lowest BCUT2D eigenvalue weighted by Crippen LogP contribution is -2.48. The minimum absolute atomic E-state index is 0.0102. The van der Waals surface area contributed by atoms with Crippen LogP contribution in [-0.4, -0.2) is 46.2 Å². The molecule has 2 N–H and O–H groups in total. The number of amides is 1. The largest absolute Gasteiger partial charge is 0.481 e. The molecule has 0 bridgehead atoms. The van der Waals surface area contributed by atoms with Gasteiger partial charge in [0, 0.05) is 19.2 Å². The van der Waals surface area contributed by atoms with Crippen LogP contribution >= 0.6 is 0 Å². The van der Waals surface area contributed by atoms with Gasteiger partial charge in [0.25, 0.3) is 0 Å². The number of hydrogen-bond acceptors (Lipinski definition) is 3. The number of rotatable bonds is 6. The fourth-order valence-corrected chi connectivity index (χ4v) is 1.88. The van der Waals surface area contributed by atoms with Gasteiger partial charge in [-0.3, -0.25) is 9.59 Å². The molecule has 0 saturated heterocycles. The third-order valence-corrected chi connectivity index (χ3v) is 2.82. The van der Waals surface area contributed by atoms with Crippen molar-refractivity contribution in [1.29, 1.82) is 0 Å². The maximum Gasteiger partial charge on any atom is 0.316 e. The Morgan fingerprint density at radius 3 is 2.00 bits per heavy atom. The van der Waals surface area contributed by atoms with Crippen molar-refractivity contribution in [2.75, 3.05) is 13.2 Å². The zero-order valence-corrected chi connectivity index (χ0v) is 11.9. The average molecular weight is 259 g/mol. The lowest BCUT2D eigenvalue weighted by atomic mass is 9.79. The molecule has 5 nitrogen and oxygen atoms in total. The number of carboxylic acids is 1. The van der Waals surface area contributed by atoms with Crippen LogP contribution in [0.15, 0.2) is 0 Å². The molecule has 0 rings (SSSR count). The second-order valence-corrected chi connectivity index (χ2v) is 5.84. The van der Waals surface area contributed by atoms with E-state index in [0.717, 1.165) is 0 Å². The second-order valence-electron chi connectivity index (χ2n) is 5.84. The van der Waals surface area contributed by atoms with Gasteiger partial charge in [-0.1, -0.05) is 20.8 Å². The molecule has 0 heterocycles. The lowest BCUT2D eigenvalue weighted by molar-refractivity contribution is -0.157. The topological polar surface area (TPSA) is 77.8 Å². The highest BCUT2D eigenvalue weighted by Gasteiger charge is 2.40. The van der Waals surface area contributed by atoms with Crippen LogP contribution < -0.4 is 0 Å². The number of aliphatic hydroxyl groups is 1. The molecule has 0 aliphatic heterocycles. The second kappa shape index (κ2) is 6.73. The van der Waals surface area contributed by atoms with E-state index in [2.05, 4.69) is 0 Å². The lowest BCUT2D eigenvalue weighted by Gasteiger charge is -2.34. The molecule has 1 atom stereocenters. The maximum atomic E-state index is 12.3. The molecule has 0 radical (unpaired) electrons. The highest BCUT2D eigenvalue weighted by atomic mass is 16.4. The van der Waals surface area contributed by atoms with E-state index in [1.807, 2.05) is 13.8 Å². The third kappa shape index (κ3) is 4.64.